The number of benzene rings is 1. The van der Waals surface area contributed by atoms with Gasteiger partial charge in [0, 0.05) is 17.2 Å². The largest absolute Gasteiger partial charge is 0.508 e. The second kappa shape index (κ2) is 6.25. The summed E-state index contributed by atoms with van der Waals surface area (Å²) >= 11 is 0. The van der Waals surface area contributed by atoms with Gasteiger partial charge in [-0.1, -0.05) is 13.0 Å². The molecule has 1 amide bonds. The lowest BCUT2D eigenvalue weighted by atomic mass is 10.1. The van der Waals surface area contributed by atoms with Crippen LogP contribution in [-0.4, -0.2) is 23.6 Å². The highest BCUT2D eigenvalue weighted by molar-refractivity contribution is 5.96. The van der Waals surface area contributed by atoms with Crippen LogP contribution in [0.5, 0.6) is 5.75 Å². The van der Waals surface area contributed by atoms with Gasteiger partial charge in [-0.15, -0.1) is 0 Å². The topological polar surface area (TPSA) is 75.3 Å². The summed E-state index contributed by atoms with van der Waals surface area (Å²) < 4.78 is 0. The number of phenolic OH excluding ortho intramolecular Hbond substituents is 1. The van der Waals surface area contributed by atoms with Crippen LogP contribution in [0.25, 0.3) is 0 Å². The second-order valence-electron chi connectivity index (χ2n) is 4.11. The van der Waals surface area contributed by atoms with Crippen molar-refractivity contribution in [2.45, 2.75) is 32.7 Å². The van der Waals surface area contributed by atoms with E-state index in [1.807, 2.05) is 6.92 Å². The van der Waals surface area contributed by atoms with Gasteiger partial charge < -0.3 is 16.2 Å². The minimum Gasteiger partial charge on any atom is -0.508 e. The minimum atomic E-state index is -0.154. The predicted octanol–water partition coefficient (Wildman–Crippen LogP) is 1.56. The van der Waals surface area contributed by atoms with Gasteiger partial charge in [-0.3, -0.25) is 4.79 Å². The Morgan fingerprint density at radius 3 is 2.82 bits per heavy atom. The van der Waals surface area contributed by atoms with Gasteiger partial charge in [0.1, 0.15) is 5.75 Å². The minimum absolute atomic E-state index is 0.0919. The van der Waals surface area contributed by atoms with E-state index in [1.165, 1.54) is 0 Å². The molecule has 1 atom stereocenters. The molecule has 4 N–H and O–H groups in total. The van der Waals surface area contributed by atoms with Crippen molar-refractivity contribution in [3.8, 4) is 5.75 Å². The lowest BCUT2D eigenvalue weighted by Crippen LogP contribution is -2.36. The third-order valence-electron chi connectivity index (χ3n) is 2.89. The van der Waals surface area contributed by atoms with Gasteiger partial charge in [-0.25, -0.2) is 0 Å². The van der Waals surface area contributed by atoms with Crippen molar-refractivity contribution in [2.75, 3.05) is 6.54 Å². The number of carbonyl (C=O) groups is 1. The summed E-state index contributed by atoms with van der Waals surface area (Å²) in [5, 5.41) is 12.5. The summed E-state index contributed by atoms with van der Waals surface area (Å²) in [6, 6.07) is 5.04. The molecule has 0 fully saturated rings. The number of rotatable bonds is 5. The average molecular weight is 236 g/mol. The summed E-state index contributed by atoms with van der Waals surface area (Å²) in [6.07, 6.45) is 1.61. The molecule has 1 rings (SSSR count). The molecule has 17 heavy (non-hydrogen) atoms. The Kier molecular flexibility index (Phi) is 4.97. The van der Waals surface area contributed by atoms with E-state index in [4.69, 9.17) is 5.73 Å². The number of aromatic hydroxyl groups is 1. The summed E-state index contributed by atoms with van der Waals surface area (Å²) in [4.78, 5) is 12.0. The maximum atomic E-state index is 12.0. The van der Waals surface area contributed by atoms with Crippen LogP contribution >= 0.6 is 0 Å². The lowest BCUT2D eigenvalue weighted by molar-refractivity contribution is 0.0933. The fourth-order valence-corrected chi connectivity index (χ4v) is 1.71. The summed E-state index contributed by atoms with van der Waals surface area (Å²) in [7, 11) is 0. The van der Waals surface area contributed by atoms with Crippen LogP contribution in [-0.2, 0) is 0 Å². The molecule has 0 aliphatic carbocycles. The fourth-order valence-electron chi connectivity index (χ4n) is 1.71. The van der Waals surface area contributed by atoms with Crippen molar-refractivity contribution in [3.63, 3.8) is 0 Å². The van der Waals surface area contributed by atoms with E-state index in [0.717, 1.165) is 12.8 Å². The fraction of sp³-hybridized carbons (Fsp3) is 0.462. The molecule has 0 aliphatic rings. The van der Waals surface area contributed by atoms with Crippen LogP contribution < -0.4 is 11.1 Å². The third kappa shape index (κ3) is 3.46. The smallest absolute Gasteiger partial charge is 0.251 e. The van der Waals surface area contributed by atoms with E-state index < -0.39 is 0 Å². The molecule has 1 aromatic carbocycles. The summed E-state index contributed by atoms with van der Waals surface area (Å²) in [5.41, 5.74) is 6.60. The second-order valence-corrected chi connectivity index (χ2v) is 4.11. The molecule has 0 radical (unpaired) electrons. The highest BCUT2D eigenvalue weighted by Crippen LogP contribution is 2.19. The molecule has 0 aliphatic heterocycles. The van der Waals surface area contributed by atoms with Crippen molar-refractivity contribution in [1.29, 1.82) is 0 Å². The number of amides is 1. The monoisotopic (exact) mass is 236 g/mol. The third-order valence-corrected chi connectivity index (χ3v) is 2.89. The van der Waals surface area contributed by atoms with Gasteiger partial charge in [-0.05, 0) is 38.4 Å². The highest BCUT2D eigenvalue weighted by Gasteiger charge is 2.14. The van der Waals surface area contributed by atoms with Gasteiger partial charge in [-0.2, -0.15) is 0 Å². The zero-order chi connectivity index (χ0) is 12.8. The van der Waals surface area contributed by atoms with Crippen molar-refractivity contribution in [3.05, 3.63) is 29.3 Å². The quantitative estimate of drug-likeness (QED) is 0.726. The molecule has 1 aromatic rings. The highest BCUT2D eigenvalue weighted by atomic mass is 16.3. The number of nitrogens with one attached hydrogen (secondary N) is 1. The first-order chi connectivity index (χ1) is 8.10. The van der Waals surface area contributed by atoms with Crippen LogP contribution in [0.15, 0.2) is 18.2 Å². The Balaban J connectivity index is 2.79. The van der Waals surface area contributed by atoms with Gasteiger partial charge >= 0.3 is 0 Å². The normalized spacial score (nSPS) is 12.2. The predicted molar refractivity (Wildman–Crippen MR) is 68.1 cm³/mol. The Labute approximate surface area is 102 Å². The molecule has 0 bridgehead atoms. The molecular weight excluding hydrogens is 216 g/mol. The Hall–Kier alpha value is -1.55. The van der Waals surface area contributed by atoms with Crippen molar-refractivity contribution in [1.82, 2.24) is 5.32 Å². The molecule has 4 heteroatoms. The maximum Gasteiger partial charge on any atom is 0.251 e. The Morgan fingerprint density at radius 1 is 1.53 bits per heavy atom. The number of phenols is 1. The van der Waals surface area contributed by atoms with E-state index in [-0.39, 0.29) is 17.7 Å². The first-order valence-electron chi connectivity index (χ1n) is 5.89. The van der Waals surface area contributed by atoms with Crippen LogP contribution in [0.1, 0.15) is 35.7 Å². The summed E-state index contributed by atoms with van der Waals surface area (Å²) in [5.74, 6) is -0.0109. The first kappa shape index (κ1) is 13.5. The molecule has 0 aromatic heterocycles. The number of hydrogen-bond acceptors (Lipinski definition) is 3. The van der Waals surface area contributed by atoms with E-state index in [1.54, 1.807) is 25.1 Å². The van der Waals surface area contributed by atoms with Crippen LogP contribution in [0.2, 0.25) is 0 Å². The average Bonchev–Trinajstić information content (AvgIpc) is 2.31. The molecule has 4 nitrogen and oxygen atoms in total. The zero-order valence-corrected chi connectivity index (χ0v) is 10.4. The van der Waals surface area contributed by atoms with Gasteiger partial charge in [0.15, 0.2) is 0 Å². The molecule has 0 spiro atoms. The molecule has 0 saturated carbocycles. The lowest BCUT2D eigenvalue weighted by Gasteiger charge is -2.17. The molecule has 0 heterocycles. The standard InChI is InChI=1S/C13H20N2O2/c1-3-10(7-8-14)15-13(17)11-5-4-6-12(16)9(11)2/h4-6,10,16H,3,7-8,14H2,1-2H3,(H,15,17). The number of nitrogens with two attached hydrogens (primary N) is 1. The van der Waals surface area contributed by atoms with Crippen LogP contribution in [0.4, 0.5) is 0 Å². The van der Waals surface area contributed by atoms with Gasteiger partial charge in [0.25, 0.3) is 5.91 Å². The number of carbonyl (C=O) groups excluding carboxylic acids is 1. The molecule has 0 saturated heterocycles. The number of hydrogen-bond donors (Lipinski definition) is 3. The van der Waals surface area contributed by atoms with E-state index >= 15 is 0 Å². The van der Waals surface area contributed by atoms with Crippen LogP contribution in [0.3, 0.4) is 0 Å². The zero-order valence-electron chi connectivity index (χ0n) is 10.4. The Bertz CT molecular complexity index is 391. The van der Waals surface area contributed by atoms with Gasteiger partial charge in [0.05, 0.1) is 0 Å². The Morgan fingerprint density at radius 2 is 2.24 bits per heavy atom. The first-order valence-corrected chi connectivity index (χ1v) is 5.89. The van der Waals surface area contributed by atoms with E-state index in [2.05, 4.69) is 5.32 Å². The van der Waals surface area contributed by atoms with Crippen molar-refractivity contribution < 1.29 is 9.90 Å². The van der Waals surface area contributed by atoms with Crippen molar-refractivity contribution >= 4 is 5.91 Å². The maximum absolute atomic E-state index is 12.0. The van der Waals surface area contributed by atoms with Crippen LogP contribution in [0, 0.1) is 6.92 Å². The molecule has 1 unspecified atom stereocenters. The van der Waals surface area contributed by atoms with E-state index in [0.29, 0.717) is 17.7 Å². The molecule has 94 valence electrons. The summed E-state index contributed by atoms with van der Waals surface area (Å²) in [6.45, 7) is 4.29. The van der Waals surface area contributed by atoms with Gasteiger partial charge in [0.2, 0.25) is 0 Å². The molecular formula is C13H20N2O2. The van der Waals surface area contributed by atoms with Crippen molar-refractivity contribution in [2.24, 2.45) is 5.73 Å². The van der Waals surface area contributed by atoms with E-state index in [9.17, 15) is 9.90 Å². The SMILES string of the molecule is CCC(CCN)NC(=O)c1cccc(O)c1C.